The van der Waals surface area contributed by atoms with Crippen LogP contribution in [-0.2, 0) is 10.6 Å². The highest BCUT2D eigenvalue weighted by Crippen LogP contribution is 2.26. The van der Waals surface area contributed by atoms with E-state index in [1.165, 1.54) is 0 Å². The second-order valence-electron chi connectivity index (χ2n) is 3.11. The van der Waals surface area contributed by atoms with E-state index in [1.807, 2.05) is 0 Å². The monoisotopic (exact) mass is 264 g/mol. The lowest BCUT2D eigenvalue weighted by Gasteiger charge is -2.10. The molecular weight excluding hydrogens is 254 g/mol. The zero-order valence-corrected chi connectivity index (χ0v) is 9.80. The molecule has 0 saturated heterocycles. The molecule has 0 aliphatic rings. The van der Waals surface area contributed by atoms with E-state index in [1.54, 1.807) is 6.92 Å². The van der Waals surface area contributed by atoms with Crippen LogP contribution in [0.2, 0.25) is 0 Å². The second-order valence-corrected chi connectivity index (χ2v) is 3.38. The minimum absolute atomic E-state index is 0.0350. The van der Waals surface area contributed by atoms with E-state index >= 15 is 0 Å². The van der Waals surface area contributed by atoms with Crippen molar-refractivity contribution in [1.29, 1.82) is 0 Å². The Labute approximate surface area is 102 Å². The van der Waals surface area contributed by atoms with Gasteiger partial charge >= 0.3 is 5.97 Å². The van der Waals surface area contributed by atoms with Gasteiger partial charge in [0.05, 0.1) is 18.2 Å². The van der Waals surface area contributed by atoms with Crippen LogP contribution in [0.1, 0.15) is 35.0 Å². The maximum absolute atomic E-state index is 12.7. The van der Waals surface area contributed by atoms with Gasteiger partial charge in [-0.1, -0.05) is 0 Å². The molecule has 2 N–H and O–H groups in total. The van der Waals surface area contributed by atoms with E-state index in [-0.39, 0.29) is 29.6 Å². The average Bonchev–Trinajstić information content (AvgIpc) is 2.28. The molecule has 0 aliphatic carbocycles. The Morgan fingerprint density at radius 3 is 2.76 bits per heavy atom. The average molecular weight is 265 g/mol. The fraction of sp³-hybridized carbons (Fsp3) is 0.400. The van der Waals surface area contributed by atoms with E-state index < -0.39 is 18.0 Å². The highest BCUT2D eigenvalue weighted by atomic mass is 35.5. The Morgan fingerprint density at radius 1 is 1.65 bits per heavy atom. The summed E-state index contributed by atoms with van der Waals surface area (Å²) in [6.45, 7) is 1.72. The minimum Gasteiger partial charge on any atom is -0.462 e. The smallest absolute Gasteiger partial charge is 0.341 e. The molecule has 0 unspecified atom stereocenters. The standard InChI is InChI=1S/C10H11ClF2N2O2/c1-2-17-10(16)6-3-5(8(12)13)7(4-11)15-9(6)14/h3,8H,2,4H2,1H3,(H2,14,15). The van der Waals surface area contributed by atoms with Gasteiger partial charge in [-0.05, 0) is 13.0 Å². The van der Waals surface area contributed by atoms with Crippen LogP contribution in [0, 0.1) is 0 Å². The highest BCUT2D eigenvalue weighted by Gasteiger charge is 2.20. The van der Waals surface area contributed by atoms with Crippen molar-refractivity contribution in [2.24, 2.45) is 0 Å². The van der Waals surface area contributed by atoms with Gasteiger partial charge in [-0.15, -0.1) is 11.6 Å². The summed E-state index contributed by atoms with van der Waals surface area (Å²) in [5.74, 6) is -1.14. The predicted molar refractivity (Wildman–Crippen MR) is 59.1 cm³/mol. The number of hydrogen-bond donors (Lipinski definition) is 1. The van der Waals surface area contributed by atoms with Crippen molar-refractivity contribution >= 4 is 23.4 Å². The molecule has 94 valence electrons. The number of carbonyl (C=O) groups is 1. The lowest BCUT2D eigenvalue weighted by Crippen LogP contribution is -2.12. The lowest BCUT2D eigenvalue weighted by atomic mass is 10.1. The molecule has 1 aromatic rings. The quantitative estimate of drug-likeness (QED) is 0.670. The van der Waals surface area contributed by atoms with Crippen molar-refractivity contribution in [3.05, 3.63) is 22.9 Å². The van der Waals surface area contributed by atoms with E-state index in [4.69, 9.17) is 17.3 Å². The number of esters is 1. The first kappa shape index (κ1) is 13.6. The molecule has 0 aliphatic heterocycles. The topological polar surface area (TPSA) is 65.2 Å². The fourth-order valence-corrected chi connectivity index (χ4v) is 1.47. The third kappa shape index (κ3) is 3.03. The van der Waals surface area contributed by atoms with Crippen LogP contribution in [0.3, 0.4) is 0 Å². The van der Waals surface area contributed by atoms with Crippen LogP contribution < -0.4 is 5.73 Å². The molecule has 1 rings (SSSR count). The van der Waals surface area contributed by atoms with Gasteiger partial charge in [0.2, 0.25) is 0 Å². The van der Waals surface area contributed by atoms with Gasteiger partial charge in [0.15, 0.2) is 0 Å². The molecule has 0 aromatic carbocycles. The molecule has 17 heavy (non-hydrogen) atoms. The molecule has 1 heterocycles. The third-order valence-electron chi connectivity index (χ3n) is 2.02. The van der Waals surface area contributed by atoms with Gasteiger partial charge in [-0.25, -0.2) is 18.6 Å². The Morgan fingerprint density at radius 2 is 2.29 bits per heavy atom. The van der Waals surface area contributed by atoms with Crippen LogP contribution in [0.5, 0.6) is 0 Å². The number of nitrogen functional groups attached to an aromatic ring is 1. The van der Waals surface area contributed by atoms with Crippen LogP contribution in [-0.4, -0.2) is 17.6 Å². The lowest BCUT2D eigenvalue weighted by molar-refractivity contribution is 0.0526. The van der Waals surface area contributed by atoms with Crippen molar-refractivity contribution in [3.63, 3.8) is 0 Å². The molecule has 1 aromatic heterocycles. The molecular formula is C10H11ClF2N2O2. The van der Waals surface area contributed by atoms with Gasteiger partial charge in [0.1, 0.15) is 11.4 Å². The summed E-state index contributed by atoms with van der Waals surface area (Å²) < 4.78 is 30.0. The Kier molecular flexibility index (Phi) is 4.62. The Hall–Kier alpha value is -1.43. The number of halogens is 3. The number of nitrogens with two attached hydrogens (primary N) is 1. The maximum Gasteiger partial charge on any atom is 0.341 e. The molecule has 0 radical (unpaired) electrons. The summed E-state index contributed by atoms with van der Waals surface area (Å²) in [6.07, 6.45) is -2.77. The third-order valence-corrected chi connectivity index (χ3v) is 2.27. The number of aromatic nitrogens is 1. The SMILES string of the molecule is CCOC(=O)c1cc(C(F)F)c(CCl)nc1N. The number of alkyl halides is 3. The number of rotatable bonds is 4. The van der Waals surface area contributed by atoms with Crippen molar-refractivity contribution in [1.82, 2.24) is 4.98 Å². The van der Waals surface area contributed by atoms with Crippen molar-refractivity contribution in [2.75, 3.05) is 12.3 Å². The summed E-state index contributed by atoms with van der Waals surface area (Å²) in [6, 6.07) is 0.975. The van der Waals surface area contributed by atoms with Crippen LogP contribution >= 0.6 is 11.6 Å². The number of nitrogens with zero attached hydrogens (tertiary/aromatic N) is 1. The summed E-state index contributed by atoms with van der Waals surface area (Å²) in [7, 11) is 0. The van der Waals surface area contributed by atoms with Crippen molar-refractivity contribution < 1.29 is 18.3 Å². The first-order valence-corrected chi connectivity index (χ1v) is 5.35. The first-order valence-electron chi connectivity index (χ1n) is 4.81. The zero-order valence-electron chi connectivity index (χ0n) is 9.04. The molecule has 4 nitrogen and oxygen atoms in total. The molecule has 0 spiro atoms. The van der Waals surface area contributed by atoms with Crippen molar-refractivity contribution in [2.45, 2.75) is 19.2 Å². The number of pyridine rings is 1. The number of hydrogen-bond acceptors (Lipinski definition) is 4. The van der Waals surface area contributed by atoms with Crippen LogP contribution in [0.4, 0.5) is 14.6 Å². The molecule has 0 saturated carbocycles. The minimum atomic E-state index is -2.77. The maximum atomic E-state index is 12.7. The largest absolute Gasteiger partial charge is 0.462 e. The van der Waals surface area contributed by atoms with Gasteiger partial charge in [-0.3, -0.25) is 0 Å². The summed E-state index contributed by atoms with van der Waals surface area (Å²) >= 11 is 5.47. The predicted octanol–water partition coefficient (Wildman–Crippen LogP) is 2.52. The van der Waals surface area contributed by atoms with E-state index in [2.05, 4.69) is 9.72 Å². The number of ether oxygens (including phenoxy) is 1. The van der Waals surface area contributed by atoms with Crippen molar-refractivity contribution in [3.8, 4) is 0 Å². The molecule has 0 amide bonds. The fourth-order valence-electron chi connectivity index (χ4n) is 1.25. The summed E-state index contributed by atoms with van der Waals surface area (Å²) in [5, 5.41) is 0. The molecule has 0 bridgehead atoms. The summed E-state index contributed by atoms with van der Waals surface area (Å²) in [4.78, 5) is 15.1. The Balaban J connectivity index is 3.24. The first-order chi connectivity index (χ1) is 8.01. The van der Waals surface area contributed by atoms with Gasteiger partial charge in [0.25, 0.3) is 6.43 Å². The normalized spacial score (nSPS) is 10.6. The van der Waals surface area contributed by atoms with Gasteiger partial charge in [-0.2, -0.15) is 0 Å². The number of carbonyl (C=O) groups excluding carboxylic acids is 1. The zero-order chi connectivity index (χ0) is 13.0. The Bertz CT molecular complexity index is 427. The van der Waals surface area contributed by atoms with Gasteiger partial charge < -0.3 is 10.5 Å². The second kappa shape index (κ2) is 5.77. The molecule has 0 atom stereocenters. The van der Waals surface area contributed by atoms with Gasteiger partial charge in [0, 0.05) is 5.56 Å². The van der Waals surface area contributed by atoms with Crippen LogP contribution in [0.25, 0.3) is 0 Å². The molecule has 0 fully saturated rings. The van der Waals surface area contributed by atoms with Crippen LogP contribution in [0.15, 0.2) is 6.07 Å². The van der Waals surface area contributed by atoms with E-state index in [9.17, 15) is 13.6 Å². The highest BCUT2D eigenvalue weighted by molar-refractivity contribution is 6.17. The summed E-state index contributed by atoms with van der Waals surface area (Å²) in [5.41, 5.74) is 4.87. The number of anilines is 1. The van der Waals surface area contributed by atoms with E-state index in [0.717, 1.165) is 6.07 Å². The van der Waals surface area contributed by atoms with E-state index in [0.29, 0.717) is 0 Å². The molecule has 7 heteroatoms.